The van der Waals surface area contributed by atoms with Crippen LogP contribution in [0.25, 0.3) is 0 Å². The quantitative estimate of drug-likeness (QED) is 0.874. The predicted molar refractivity (Wildman–Crippen MR) is 72.9 cm³/mol. The fourth-order valence-corrected chi connectivity index (χ4v) is 2.31. The number of nitrogens with zero attached hydrogens (tertiary/aromatic N) is 2. The number of anilines is 3. The highest BCUT2D eigenvalue weighted by molar-refractivity contribution is 7.13. The molecule has 0 aliphatic heterocycles. The molecule has 0 saturated carbocycles. The third kappa shape index (κ3) is 2.74. The molecule has 0 saturated heterocycles. The maximum absolute atomic E-state index is 5.66. The Morgan fingerprint density at radius 3 is 2.76 bits per heavy atom. The van der Waals surface area contributed by atoms with Crippen molar-refractivity contribution >= 4 is 28.0 Å². The molecule has 90 valence electrons. The van der Waals surface area contributed by atoms with Gasteiger partial charge in [-0.3, -0.25) is 0 Å². The average Bonchev–Trinajstić information content (AvgIpc) is 2.71. The van der Waals surface area contributed by atoms with Crippen molar-refractivity contribution < 1.29 is 0 Å². The second-order valence-corrected chi connectivity index (χ2v) is 5.15. The molecule has 0 amide bonds. The molecular formula is C12H16N4S. The molecule has 2 aromatic heterocycles. The molecule has 2 rings (SSSR count). The molecule has 4 nitrogen and oxygen atoms in total. The molecule has 5 heteroatoms. The summed E-state index contributed by atoms with van der Waals surface area (Å²) in [7, 11) is 0. The van der Waals surface area contributed by atoms with Crippen molar-refractivity contribution in [2.24, 2.45) is 0 Å². The number of aryl methyl sites for hydroxylation is 1. The van der Waals surface area contributed by atoms with Gasteiger partial charge in [0.25, 0.3) is 0 Å². The van der Waals surface area contributed by atoms with Gasteiger partial charge in [-0.1, -0.05) is 13.8 Å². The van der Waals surface area contributed by atoms with Gasteiger partial charge in [0.05, 0.1) is 17.6 Å². The van der Waals surface area contributed by atoms with Gasteiger partial charge in [-0.15, -0.1) is 11.3 Å². The van der Waals surface area contributed by atoms with E-state index in [4.69, 9.17) is 5.73 Å². The van der Waals surface area contributed by atoms with E-state index < -0.39 is 0 Å². The van der Waals surface area contributed by atoms with Crippen LogP contribution in [0.4, 0.5) is 16.6 Å². The van der Waals surface area contributed by atoms with Gasteiger partial charge in [0.2, 0.25) is 0 Å². The highest BCUT2D eigenvalue weighted by Gasteiger charge is 2.07. The van der Waals surface area contributed by atoms with Crippen molar-refractivity contribution in [2.45, 2.75) is 26.7 Å². The molecule has 0 aliphatic rings. The summed E-state index contributed by atoms with van der Waals surface area (Å²) in [6, 6.07) is 1.90. The van der Waals surface area contributed by atoms with Gasteiger partial charge < -0.3 is 11.1 Å². The summed E-state index contributed by atoms with van der Waals surface area (Å²) >= 11 is 1.59. The van der Waals surface area contributed by atoms with Gasteiger partial charge in [0, 0.05) is 5.38 Å². The highest BCUT2D eigenvalue weighted by atomic mass is 32.1. The molecule has 3 N–H and O–H groups in total. The Labute approximate surface area is 105 Å². The predicted octanol–water partition coefficient (Wildman–Crippen LogP) is 3.30. The average molecular weight is 248 g/mol. The van der Waals surface area contributed by atoms with Crippen LogP contribution in [-0.4, -0.2) is 9.97 Å². The lowest BCUT2D eigenvalue weighted by molar-refractivity contribution is 0.834. The lowest BCUT2D eigenvalue weighted by Gasteiger charge is -2.06. The minimum atomic E-state index is 0.447. The summed E-state index contributed by atoms with van der Waals surface area (Å²) in [6.07, 6.45) is 1.65. The number of nitrogens with two attached hydrogens (primary N) is 1. The molecule has 0 spiro atoms. The lowest BCUT2D eigenvalue weighted by atomic mass is 10.2. The Morgan fingerprint density at radius 1 is 1.41 bits per heavy atom. The zero-order chi connectivity index (χ0) is 12.4. The first-order valence-electron chi connectivity index (χ1n) is 5.51. The Balaban J connectivity index is 2.19. The standard InChI is InChI=1S/C12H16N4S/c1-7(2)10-6-17-12(15-10)16-11-8(3)4-9(13)5-14-11/h4-7H,13H2,1-3H3,(H,14,15,16). The van der Waals surface area contributed by atoms with E-state index in [1.54, 1.807) is 17.5 Å². The van der Waals surface area contributed by atoms with E-state index in [1.807, 2.05) is 13.0 Å². The molecular weight excluding hydrogens is 232 g/mol. The normalized spacial score (nSPS) is 10.8. The van der Waals surface area contributed by atoms with Gasteiger partial charge in [-0.2, -0.15) is 0 Å². The van der Waals surface area contributed by atoms with Crippen LogP contribution in [0.1, 0.15) is 31.0 Å². The van der Waals surface area contributed by atoms with Crippen molar-refractivity contribution in [3.63, 3.8) is 0 Å². The summed E-state index contributed by atoms with van der Waals surface area (Å²) in [4.78, 5) is 8.76. The molecule has 0 aliphatic carbocycles. The SMILES string of the molecule is Cc1cc(N)cnc1Nc1nc(C(C)C)cs1. The van der Waals surface area contributed by atoms with Crippen LogP contribution < -0.4 is 11.1 Å². The van der Waals surface area contributed by atoms with Crippen molar-refractivity contribution in [2.75, 3.05) is 11.1 Å². The number of nitrogens with one attached hydrogen (secondary N) is 1. The number of hydrogen-bond donors (Lipinski definition) is 2. The molecule has 2 heterocycles. The van der Waals surface area contributed by atoms with Crippen molar-refractivity contribution in [3.8, 4) is 0 Å². The van der Waals surface area contributed by atoms with Crippen LogP contribution in [0.2, 0.25) is 0 Å². The van der Waals surface area contributed by atoms with Gasteiger partial charge >= 0.3 is 0 Å². The molecule has 0 aromatic carbocycles. The molecule has 0 bridgehead atoms. The smallest absolute Gasteiger partial charge is 0.188 e. The van der Waals surface area contributed by atoms with Crippen LogP contribution in [-0.2, 0) is 0 Å². The molecule has 0 atom stereocenters. The third-order valence-corrected chi connectivity index (χ3v) is 3.21. The maximum atomic E-state index is 5.66. The first kappa shape index (κ1) is 11.9. The van der Waals surface area contributed by atoms with E-state index >= 15 is 0 Å². The molecule has 0 unspecified atom stereocenters. The minimum absolute atomic E-state index is 0.447. The summed E-state index contributed by atoms with van der Waals surface area (Å²) < 4.78 is 0. The van der Waals surface area contributed by atoms with Gasteiger partial charge in [-0.25, -0.2) is 9.97 Å². The van der Waals surface area contributed by atoms with E-state index in [-0.39, 0.29) is 0 Å². The summed E-state index contributed by atoms with van der Waals surface area (Å²) in [6.45, 7) is 6.24. The summed E-state index contributed by atoms with van der Waals surface area (Å²) in [5.41, 5.74) is 8.46. The third-order valence-electron chi connectivity index (χ3n) is 2.44. The fraction of sp³-hybridized carbons (Fsp3) is 0.333. The van der Waals surface area contributed by atoms with E-state index in [2.05, 4.69) is 34.5 Å². The van der Waals surface area contributed by atoms with Crippen LogP contribution in [0, 0.1) is 6.92 Å². The Hall–Kier alpha value is -1.62. The first-order valence-corrected chi connectivity index (χ1v) is 6.39. The number of thiazole rings is 1. The number of rotatable bonds is 3. The number of pyridine rings is 1. The Morgan fingerprint density at radius 2 is 2.18 bits per heavy atom. The first-order chi connectivity index (χ1) is 8.06. The molecule has 0 radical (unpaired) electrons. The molecule has 17 heavy (non-hydrogen) atoms. The number of aromatic nitrogens is 2. The fourth-order valence-electron chi connectivity index (χ4n) is 1.44. The van der Waals surface area contributed by atoms with Crippen LogP contribution >= 0.6 is 11.3 Å². The zero-order valence-corrected chi connectivity index (χ0v) is 11.0. The van der Waals surface area contributed by atoms with Crippen LogP contribution in [0.3, 0.4) is 0 Å². The zero-order valence-electron chi connectivity index (χ0n) is 10.2. The number of hydrogen-bond acceptors (Lipinski definition) is 5. The Bertz CT molecular complexity index is 519. The topological polar surface area (TPSA) is 63.8 Å². The van der Waals surface area contributed by atoms with E-state index in [0.29, 0.717) is 11.6 Å². The largest absolute Gasteiger partial charge is 0.397 e. The van der Waals surface area contributed by atoms with Gasteiger partial charge in [0.1, 0.15) is 5.82 Å². The number of nitrogen functional groups attached to an aromatic ring is 1. The summed E-state index contributed by atoms with van der Waals surface area (Å²) in [5.74, 6) is 1.26. The van der Waals surface area contributed by atoms with Crippen molar-refractivity contribution in [1.29, 1.82) is 0 Å². The lowest BCUT2D eigenvalue weighted by Crippen LogP contribution is -1.98. The maximum Gasteiger partial charge on any atom is 0.188 e. The second kappa shape index (κ2) is 4.71. The van der Waals surface area contributed by atoms with Crippen LogP contribution in [0.5, 0.6) is 0 Å². The van der Waals surface area contributed by atoms with Crippen molar-refractivity contribution in [3.05, 3.63) is 28.9 Å². The van der Waals surface area contributed by atoms with Crippen LogP contribution in [0.15, 0.2) is 17.6 Å². The second-order valence-electron chi connectivity index (χ2n) is 4.29. The Kier molecular flexibility index (Phi) is 3.28. The van der Waals surface area contributed by atoms with Gasteiger partial charge in [-0.05, 0) is 24.5 Å². The monoisotopic (exact) mass is 248 g/mol. The van der Waals surface area contributed by atoms with E-state index in [9.17, 15) is 0 Å². The van der Waals surface area contributed by atoms with E-state index in [1.165, 1.54) is 0 Å². The van der Waals surface area contributed by atoms with Crippen molar-refractivity contribution in [1.82, 2.24) is 9.97 Å². The highest BCUT2D eigenvalue weighted by Crippen LogP contribution is 2.25. The minimum Gasteiger partial charge on any atom is -0.397 e. The molecule has 2 aromatic rings. The van der Waals surface area contributed by atoms with E-state index in [0.717, 1.165) is 22.2 Å². The summed E-state index contributed by atoms with van der Waals surface area (Å²) in [5, 5.41) is 6.15. The van der Waals surface area contributed by atoms with Gasteiger partial charge in [0.15, 0.2) is 5.13 Å². The molecule has 0 fully saturated rings.